The number of tetrazole rings is 1. The van der Waals surface area contributed by atoms with Crippen LogP contribution in [0.4, 0.5) is 5.95 Å². The molecule has 9 nitrogen and oxygen atoms in total. The lowest BCUT2D eigenvalue weighted by atomic mass is 10.2. The van der Waals surface area contributed by atoms with Crippen LogP contribution in [0.1, 0.15) is 6.42 Å². The number of rotatable bonds is 4. The molecule has 1 aromatic carbocycles. The number of hydrogen-bond acceptors (Lipinski definition) is 6. The summed E-state index contributed by atoms with van der Waals surface area (Å²) in [6.45, 7) is 2.32. The molecule has 0 bridgehead atoms. The van der Waals surface area contributed by atoms with Crippen LogP contribution < -0.4 is 4.90 Å². The third-order valence-electron chi connectivity index (χ3n) is 4.75. The molecule has 1 aliphatic heterocycles. The summed E-state index contributed by atoms with van der Waals surface area (Å²) in [5.41, 5.74) is 0.878. The predicted molar refractivity (Wildman–Crippen MR) is 87.2 cm³/mol. The van der Waals surface area contributed by atoms with Gasteiger partial charge in [0, 0.05) is 26.2 Å². The maximum Gasteiger partial charge on any atom is 0.307 e. The standard InChI is InChI=1S/C16H18N6O3/c23-14(12-10-13(12)15(24)25)20-6-8-21(9-7-20)16-17-18-19-22(16)11-4-2-1-3-5-11/h1-5,12-13H,6-10H2,(H,24,25)/t12-,13-/m0/s1. The highest BCUT2D eigenvalue weighted by Crippen LogP contribution is 2.40. The van der Waals surface area contributed by atoms with E-state index in [2.05, 4.69) is 15.5 Å². The Balaban J connectivity index is 1.41. The van der Waals surface area contributed by atoms with Crippen LogP contribution in [0.15, 0.2) is 30.3 Å². The van der Waals surface area contributed by atoms with Gasteiger partial charge in [-0.3, -0.25) is 9.59 Å². The molecular formula is C16H18N6O3. The summed E-state index contributed by atoms with van der Waals surface area (Å²) in [7, 11) is 0. The average Bonchev–Trinajstić information content (AvgIpc) is 3.31. The minimum absolute atomic E-state index is 0.0466. The van der Waals surface area contributed by atoms with Crippen LogP contribution in [0.2, 0.25) is 0 Å². The first-order valence-corrected chi connectivity index (χ1v) is 8.25. The molecule has 2 heterocycles. The van der Waals surface area contributed by atoms with Gasteiger partial charge < -0.3 is 14.9 Å². The van der Waals surface area contributed by atoms with Gasteiger partial charge in [0.05, 0.1) is 17.5 Å². The molecule has 0 spiro atoms. The number of carboxylic acids is 1. The predicted octanol–water partition coefficient (Wildman–Crippen LogP) is 0.0316. The normalized spacial score (nSPS) is 22.7. The van der Waals surface area contributed by atoms with Crippen molar-refractivity contribution < 1.29 is 14.7 Å². The summed E-state index contributed by atoms with van der Waals surface area (Å²) in [6, 6.07) is 9.63. The number of carboxylic acid groups (broad SMARTS) is 1. The highest BCUT2D eigenvalue weighted by Gasteiger charge is 2.50. The van der Waals surface area contributed by atoms with Crippen molar-refractivity contribution >= 4 is 17.8 Å². The zero-order valence-electron chi connectivity index (χ0n) is 13.5. The zero-order valence-corrected chi connectivity index (χ0v) is 13.5. The summed E-state index contributed by atoms with van der Waals surface area (Å²) < 4.78 is 1.68. The summed E-state index contributed by atoms with van der Waals surface area (Å²) in [5, 5.41) is 20.9. The van der Waals surface area contributed by atoms with Gasteiger partial charge in [0.25, 0.3) is 0 Å². The van der Waals surface area contributed by atoms with E-state index in [0.717, 1.165) is 5.69 Å². The monoisotopic (exact) mass is 342 g/mol. The van der Waals surface area contributed by atoms with E-state index in [4.69, 9.17) is 5.11 Å². The van der Waals surface area contributed by atoms with Crippen molar-refractivity contribution in [1.82, 2.24) is 25.1 Å². The number of amides is 1. The second-order valence-electron chi connectivity index (χ2n) is 6.33. The molecule has 1 saturated carbocycles. The van der Waals surface area contributed by atoms with Crippen LogP contribution in [-0.2, 0) is 9.59 Å². The van der Waals surface area contributed by atoms with Crippen molar-refractivity contribution in [3.05, 3.63) is 30.3 Å². The number of carbonyl (C=O) groups excluding carboxylic acids is 1. The number of nitrogens with zero attached hydrogens (tertiary/aromatic N) is 6. The van der Waals surface area contributed by atoms with Crippen LogP contribution >= 0.6 is 0 Å². The number of hydrogen-bond donors (Lipinski definition) is 1. The van der Waals surface area contributed by atoms with Crippen LogP contribution in [0.3, 0.4) is 0 Å². The fourth-order valence-electron chi connectivity index (χ4n) is 3.22. The Bertz CT molecular complexity index is 784. The maximum absolute atomic E-state index is 12.4. The molecular weight excluding hydrogens is 324 g/mol. The Morgan fingerprint density at radius 2 is 1.76 bits per heavy atom. The van der Waals surface area contributed by atoms with Crippen LogP contribution in [0.5, 0.6) is 0 Å². The fourth-order valence-corrected chi connectivity index (χ4v) is 3.22. The Hall–Kier alpha value is -2.97. The molecule has 2 aliphatic rings. The van der Waals surface area contributed by atoms with Crippen molar-refractivity contribution in [3.63, 3.8) is 0 Å². The van der Waals surface area contributed by atoms with Gasteiger partial charge in [0.1, 0.15) is 0 Å². The molecule has 4 rings (SSSR count). The van der Waals surface area contributed by atoms with Gasteiger partial charge in [-0.15, -0.1) is 0 Å². The van der Waals surface area contributed by atoms with E-state index in [9.17, 15) is 9.59 Å². The molecule has 0 unspecified atom stereocenters. The van der Waals surface area contributed by atoms with Crippen LogP contribution in [0, 0.1) is 11.8 Å². The molecule has 1 saturated heterocycles. The maximum atomic E-state index is 12.4. The Labute approximate surface area is 143 Å². The molecule has 1 aliphatic carbocycles. The number of para-hydroxylation sites is 1. The minimum atomic E-state index is -0.876. The summed E-state index contributed by atoms with van der Waals surface area (Å²) >= 11 is 0. The summed E-state index contributed by atoms with van der Waals surface area (Å²) in [6.07, 6.45) is 0.459. The van der Waals surface area contributed by atoms with E-state index in [1.807, 2.05) is 35.2 Å². The number of aromatic nitrogens is 4. The van der Waals surface area contributed by atoms with E-state index in [1.54, 1.807) is 9.58 Å². The molecule has 1 amide bonds. The van der Waals surface area contributed by atoms with Gasteiger partial charge in [-0.25, -0.2) is 0 Å². The quantitative estimate of drug-likeness (QED) is 0.836. The smallest absolute Gasteiger partial charge is 0.307 e. The number of benzene rings is 1. The summed E-state index contributed by atoms with van der Waals surface area (Å²) in [5.74, 6) is -1.13. The highest BCUT2D eigenvalue weighted by atomic mass is 16.4. The van der Waals surface area contributed by atoms with Crippen molar-refractivity contribution in [2.24, 2.45) is 11.8 Å². The van der Waals surface area contributed by atoms with Gasteiger partial charge in [0.15, 0.2) is 0 Å². The first kappa shape index (κ1) is 15.6. The molecule has 9 heteroatoms. The lowest BCUT2D eigenvalue weighted by Gasteiger charge is -2.35. The van der Waals surface area contributed by atoms with Crippen molar-refractivity contribution in [1.29, 1.82) is 0 Å². The zero-order chi connectivity index (χ0) is 17.4. The van der Waals surface area contributed by atoms with Gasteiger partial charge in [-0.2, -0.15) is 4.68 Å². The average molecular weight is 342 g/mol. The lowest BCUT2D eigenvalue weighted by molar-refractivity contribution is -0.142. The number of piperazine rings is 1. The Morgan fingerprint density at radius 3 is 2.40 bits per heavy atom. The third kappa shape index (κ3) is 2.92. The molecule has 2 aromatic rings. The minimum Gasteiger partial charge on any atom is -0.481 e. The molecule has 1 aromatic heterocycles. The first-order valence-electron chi connectivity index (χ1n) is 8.25. The number of aliphatic carboxylic acids is 1. The van der Waals surface area contributed by atoms with E-state index >= 15 is 0 Å². The molecule has 0 radical (unpaired) electrons. The highest BCUT2D eigenvalue weighted by molar-refractivity contribution is 5.89. The van der Waals surface area contributed by atoms with E-state index in [0.29, 0.717) is 38.5 Å². The fraction of sp³-hybridized carbons (Fsp3) is 0.438. The number of anilines is 1. The van der Waals surface area contributed by atoms with Crippen molar-refractivity contribution in [2.45, 2.75) is 6.42 Å². The molecule has 2 atom stereocenters. The largest absolute Gasteiger partial charge is 0.481 e. The molecule has 130 valence electrons. The van der Waals surface area contributed by atoms with Crippen molar-refractivity contribution in [2.75, 3.05) is 31.1 Å². The lowest BCUT2D eigenvalue weighted by Crippen LogP contribution is -2.50. The number of carbonyl (C=O) groups is 2. The van der Waals surface area contributed by atoms with E-state index < -0.39 is 11.9 Å². The van der Waals surface area contributed by atoms with Gasteiger partial charge in [-0.05, 0) is 29.0 Å². The molecule has 25 heavy (non-hydrogen) atoms. The van der Waals surface area contributed by atoms with E-state index in [-0.39, 0.29) is 11.8 Å². The molecule has 1 N–H and O–H groups in total. The van der Waals surface area contributed by atoms with E-state index in [1.165, 1.54) is 0 Å². The van der Waals surface area contributed by atoms with Crippen LogP contribution in [0.25, 0.3) is 5.69 Å². The summed E-state index contributed by atoms with van der Waals surface area (Å²) in [4.78, 5) is 27.1. The SMILES string of the molecule is O=C(O)[C@H]1C[C@@H]1C(=O)N1CCN(c2nnnn2-c2ccccc2)CC1. The molecule has 2 fully saturated rings. The van der Waals surface area contributed by atoms with Gasteiger partial charge in [0.2, 0.25) is 11.9 Å². The van der Waals surface area contributed by atoms with Gasteiger partial charge >= 0.3 is 5.97 Å². The Kier molecular flexibility index (Phi) is 3.83. The second-order valence-corrected chi connectivity index (χ2v) is 6.33. The van der Waals surface area contributed by atoms with Gasteiger partial charge in [-0.1, -0.05) is 23.3 Å². The third-order valence-corrected chi connectivity index (χ3v) is 4.75. The van der Waals surface area contributed by atoms with Crippen LogP contribution in [-0.4, -0.2) is 68.3 Å². The second kappa shape index (κ2) is 6.15. The Morgan fingerprint density at radius 1 is 1.04 bits per heavy atom. The van der Waals surface area contributed by atoms with Crippen molar-refractivity contribution in [3.8, 4) is 5.69 Å². The topological polar surface area (TPSA) is 104 Å². The first-order chi connectivity index (χ1) is 12.1.